The molecule has 0 saturated carbocycles. The Morgan fingerprint density at radius 1 is 1.07 bits per heavy atom. The highest BCUT2D eigenvalue weighted by atomic mass is 32.2. The van der Waals surface area contributed by atoms with Gasteiger partial charge in [-0.25, -0.2) is 4.79 Å². The van der Waals surface area contributed by atoms with E-state index in [4.69, 9.17) is 19.3 Å². The molecule has 0 aromatic carbocycles. The normalized spacial score (nSPS) is 23.3. The van der Waals surface area contributed by atoms with Crippen molar-refractivity contribution in [3.05, 3.63) is 0 Å². The van der Waals surface area contributed by atoms with Crippen LogP contribution in [0.1, 0.15) is 25.7 Å². The van der Waals surface area contributed by atoms with Gasteiger partial charge in [-0.05, 0) is 12.8 Å². The van der Waals surface area contributed by atoms with Gasteiger partial charge in [-0.3, -0.25) is 4.79 Å². The zero-order valence-electron chi connectivity index (χ0n) is 16.3. The average molecular weight is 420 g/mol. The zero-order chi connectivity index (χ0) is 20.0. The average Bonchev–Trinajstić information content (AvgIpc) is 3.22. The van der Waals surface area contributed by atoms with Crippen molar-refractivity contribution in [1.82, 2.24) is 16.0 Å². The summed E-state index contributed by atoms with van der Waals surface area (Å²) in [7, 11) is 0. The molecule has 4 N–H and O–H groups in total. The highest BCUT2D eigenvalue weighted by molar-refractivity contribution is 8.00. The third kappa shape index (κ3) is 8.95. The number of carbonyl (C=O) groups is 2. The van der Waals surface area contributed by atoms with Gasteiger partial charge in [-0.2, -0.15) is 11.8 Å². The van der Waals surface area contributed by atoms with Gasteiger partial charge in [0.2, 0.25) is 5.91 Å². The van der Waals surface area contributed by atoms with E-state index >= 15 is 0 Å². The number of hydrogen-bond acceptors (Lipinski definition) is 7. The second kappa shape index (κ2) is 14.0. The first-order valence-electron chi connectivity index (χ1n) is 10.00. The number of urea groups is 1. The molecule has 0 radical (unpaired) electrons. The van der Waals surface area contributed by atoms with Crippen LogP contribution in [0.15, 0.2) is 0 Å². The maximum absolute atomic E-state index is 11.8. The fraction of sp³-hybridized carbons (Fsp3) is 0.889. The Bertz CT molecular complexity index is 471. The zero-order valence-corrected chi connectivity index (χ0v) is 17.1. The molecule has 2 saturated heterocycles. The number of carbonyl (C=O) groups excluding carboxylic acids is 2. The van der Waals surface area contributed by atoms with Crippen molar-refractivity contribution < 1.29 is 28.9 Å². The molecule has 0 aromatic heterocycles. The highest BCUT2D eigenvalue weighted by Gasteiger charge is 2.42. The van der Waals surface area contributed by atoms with Gasteiger partial charge in [0.05, 0.1) is 58.3 Å². The number of unbranched alkanes of at least 4 members (excludes halogenated alkanes) is 1. The van der Waals surface area contributed by atoms with Crippen LogP contribution < -0.4 is 16.0 Å². The minimum absolute atomic E-state index is 0.0205. The minimum atomic E-state index is -0.0551. The van der Waals surface area contributed by atoms with E-state index in [1.807, 2.05) is 11.8 Å². The number of ether oxygens (including phenoxy) is 3. The first kappa shape index (κ1) is 23.2. The third-order valence-corrected chi connectivity index (χ3v) is 6.14. The fourth-order valence-corrected chi connectivity index (χ4v) is 4.78. The van der Waals surface area contributed by atoms with E-state index < -0.39 is 0 Å². The maximum atomic E-state index is 11.8. The van der Waals surface area contributed by atoms with E-state index in [0.29, 0.717) is 57.9 Å². The van der Waals surface area contributed by atoms with Crippen molar-refractivity contribution in [2.24, 2.45) is 0 Å². The molecule has 3 atom stereocenters. The van der Waals surface area contributed by atoms with Crippen molar-refractivity contribution in [3.63, 3.8) is 0 Å². The summed E-state index contributed by atoms with van der Waals surface area (Å²) in [5, 5.41) is 17.8. The van der Waals surface area contributed by atoms with Crippen molar-refractivity contribution in [2.45, 2.75) is 43.0 Å². The number of amides is 3. The molecule has 2 heterocycles. The SMILES string of the molecule is O=C(CCCC[C@@H]1SCC2NC(=O)NC21)NCCOCCOCCOCCO. The van der Waals surface area contributed by atoms with Crippen LogP contribution in [-0.2, 0) is 19.0 Å². The van der Waals surface area contributed by atoms with Crippen molar-refractivity contribution in [1.29, 1.82) is 0 Å². The summed E-state index contributed by atoms with van der Waals surface area (Å²) >= 11 is 1.90. The molecule has 2 aliphatic rings. The van der Waals surface area contributed by atoms with Gasteiger partial charge >= 0.3 is 6.03 Å². The lowest BCUT2D eigenvalue weighted by atomic mass is 10.0. The molecular weight excluding hydrogens is 386 g/mol. The van der Waals surface area contributed by atoms with E-state index in [1.54, 1.807) is 0 Å². The molecule has 0 bridgehead atoms. The number of nitrogens with one attached hydrogen (secondary N) is 3. The van der Waals surface area contributed by atoms with E-state index in [9.17, 15) is 9.59 Å². The van der Waals surface area contributed by atoms with Gasteiger partial charge in [0.25, 0.3) is 0 Å². The molecule has 3 amide bonds. The number of thioether (sulfide) groups is 1. The topological polar surface area (TPSA) is 118 Å². The molecule has 10 heteroatoms. The molecule has 2 rings (SSSR count). The molecule has 2 fully saturated rings. The first-order valence-corrected chi connectivity index (χ1v) is 11.0. The molecule has 28 heavy (non-hydrogen) atoms. The number of fused-ring (bicyclic) bond motifs is 1. The molecule has 2 unspecified atom stereocenters. The standard InChI is InChI=1S/C18H33N3O6S/c22-6-8-26-10-12-27-11-9-25-7-5-19-16(23)4-2-1-3-15-17-14(13-28-15)20-18(24)21-17/h14-15,17,22H,1-13H2,(H,19,23)(H2,20,21,24)/t14?,15-,17?/m0/s1. The van der Waals surface area contributed by atoms with Crippen LogP contribution in [0, 0.1) is 0 Å². The molecule has 9 nitrogen and oxygen atoms in total. The summed E-state index contributed by atoms with van der Waals surface area (Å²) in [5.41, 5.74) is 0. The monoisotopic (exact) mass is 419 g/mol. The smallest absolute Gasteiger partial charge is 0.315 e. The fourth-order valence-electron chi connectivity index (χ4n) is 3.23. The minimum Gasteiger partial charge on any atom is -0.394 e. The van der Waals surface area contributed by atoms with Gasteiger partial charge < -0.3 is 35.3 Å². The Kier molecular flexibility index (Phi) is 11.6. The van der Waals surface area contributed by atoms with Gasteiger partial charge in [-0.1, -0.05) is 6.42 Å². The Labute approximate surface area is 170 Å². The molecule has 0 aliphatic carbocycles. The van der Waals surface area contributed by atoms with Gasteiger partial charge in [-0.15, -0.1) is 0 Å². The molecule has 0 spiro atoms. The van der Waals surface area contributed by atoms with E-state index in [2.05, 4.69) is 16.0 Å². The van der Waals surface area contributed by atoms with Gasteiger partial charge in [0.15, 0.2) is 0 Å². The summed E-state index contributed by atoms with van der Waals surface area (Å²) in [6.07, 6.45) is 3.39. The summed E-state index contributed by atoms with van der Waals surface area (Å²) in [6, 6.07) is 0.442. The van der Waals surface area contributed by atoms with Crippen LogP contribution >= 0.6 is 11.8 Å². The van der Waals surface area contributed by atoms with Crippen molar-refractivity contribution >= 4 is 23.7 Å². The number of hydrogen-bond donors (Lipinski definition) is 4. The molecular formula is C18H33N3O6S. The Hall–Kier alpha value is -1.07. The van der Waals surface area contributed by atoms with Crippen LogP contribution in [0.3, 0.4) is 0 Å². The third-order valence-electron chi connectivity index (χ3n) is 4.63. The highest BCUT2D eigenvalue weighted by Crippen LogP contribution is 2.33. The lowest BCUT2D eigenvalue weighted by molar-refractivity contribution is -0.121. The van der Waals surface area contributed by atoms with Gasteiger partial charge in [0.1, 0.15) is 0 Å². The van der Waals surface area contributed by atoms with Crippen LogP contribution in [0.2, 0.25) is 0 Å². The number of rotatable bonds is 16. The predicted molar refractivity (Wildman–Crippen MR) is 107 cm³/mol. The van der Waals surface area contributed by atoms with Crippen LogP contribution in [0.5, 0.6) is 0 Å². The second-order valence-electron chi connectivity index (χ2n) is 6.78. The van der Waals surface area contributed by atoms with Crippen LogP contribution in [-0.4, -0.2) is 92.9 Å². The predicted octanol–water partition coefficient (Wildman–Crippen LogP) is -0.129. The molecule has 0 aromatic rings. The first-order chi connectivity index (χ1) is 13.7. The summed E-state index contributed by atoms with van der Waals surface area (Å²) in [5.74, 6) is 1.02. The van der Waals surface area contributed by atoms with E-state index in [1.165, 1.54) is 0 Å². The quantitative estimate of drug-likeness (QED) is 0.203. The Morgan fingerprint density at radius 3 is 2.54 bits per heavy atom. The number of aliphatic hydroxyl groups excluding tert-OH is 1. The summed E-state index contributed by atoms with van der Waals surface area (Å²) < 4.78 is 15.8. The van der Waals surface area contributed by atoms with Crippen molar-refractivity contribution in [2.75, 3.05) is 58.5 Å². The second-order valence-corrected chi connectivity index (χ2v) is 8.05. The Morgan fingerprint density at radius 2 is 1.79 bits per heavy atom. The largest absolute Gasteiger partial charge is 0.394 e. The molecule has 162 valence electrons. The van der Waals surface area contributed by atoms with Crippen LogP contribution in [0.4, 0.5) is 4.79 Å². The molecule has 2 aliphatic heterocycles. The summed E-state index contributed by atoms with van der Waals surface area (Å²) in [6.45, 7) is 3.20. The van der Waals surface area contributed by atoms with Crippen molar-refractivity contribution in [3.8, 4) is 0 Å². The van der Waals surface area contributed by atoms with Gasteiger partial charge in [0, 0.05) is 24.0 Å². The van der Waals surface area contributed by atoms with E-state index in [-0.39, 0.29) is 30.6 Å². The lowest BCUT2D eigenvalue weighted by Gasteiger charge is -2.16. The summed E-state index contributed by atoms with van der Waals surface area (Å²) in [4.78, 5) is 23.2. The van der Waals surface area contributed by atoms with E-state index in [0.717, 1.165) is 25.0 Å². The maximum Gasteiger partial charge on any atom is 0.315 e. The number of aliphatic hydroxyl groups is 1. The lowest BCUT2D eigenvalue weighted by Crippen LogP contribution is -2.36. The van der Waals surface area contributed by atoms with Crippen LogP contribution in [0.25, 0.3) is 0 Å². The Balaban J connectivity index is 1.34.